The van der Waals surface area contributed by atoms with E-state index < -0.39 is 54.4 Å². The lowest BCUT2D eigenvalue weighted by Gasteiger charge is -2.46. The smallest absolute Gasteiger partial charge is 0.252 e. The maximum Gasteiger partial charge on any atom is 0.252 e. The Labute approximate surface area is 635 Å². The quantitative estimate of drug-likeness (QED) is 0.121. The molecule has 1 aliphatic carbocycles. The average Bonchev–Trinajstić information content (AvgIpc) is 1.20. The van der Waals surface area contributed by atoms with E-state index in [1.807, 2.05) is 24.3 Å². The Morgan fingerprint density at radius 3 is 1.39 bits per heavy atom. The number of hydrogen-bond acceptors (Lipinski definition) is 3. The van der Waals surface area contributed by atoms with Crippen LogP contribution in [0.5, 0.6) is 0 Å². The van der Waals surface area contributed by atoms with Crippen LogP contribution in [0.4, 0.5) is 34.1 Å². The van der Waals surface area contributed by atoms with Gasteiger partial charge in [0.15, 0.2) is 0 Å². The molecular weight excluding hydrogens is 1290 g/mol. The van der Waals surface area contributed by atoms with E-state index in [4.69, 9.17) is 1.37 Å². The van der Waals surface area contributed by atoms with Crippen molar-refractivity contribution in [3.05, 3.63) is 409 Å². The summed E-state index contributed by atoms with van der Waals surface area (Å²) in [5.41, 5.74) is 27.3. The Bertz CT molecular complexity index is 6710. The summed E-state index contributed by atoms with van der Waals surface area (Å²) in [6.45, 7) is 6.17. The van der Waals surface area contributed by atoms with Crippen molar-refractivity contribution in [2.75, 3.05) is 9.80 Å². The van der Waals surface area contributed by atoms with E-state index in [1.54, 1.807) is 4.57 Å². The standard InChI is InChI=1S/C102H71BN4/c1-101(2,3)75-55-52-68(53-56-75)73-54-60-93-90(62-73)103-89-58-57-78(105-91-50-25-23-42-85(91)87-61-67(66-104)51-59-92(87)105)65-94(89)107(100-82(71-33-14-6-15-34-71)46-28-47-83(100)72-35-16-7-17-36-72)96-64-74(63-95(98(96)103)106(93)99-80(69-29-10-4-11-30-69)44-27-45-81(99)70-31-12-5-13-32-70)79-43-26-48-86-84-41-22-24-49-88(84)102(97(79)86,76-37-18-8-19-38-76)77-39-20-9-21-40-77/h4-65H,1-3H3/i23D,25D,42D,50D,51D,59D,61D. The van der Waals surface area contributed by atoms with Gasteiger partial charge < -0.3 is 14.4 Å². The minimum Gasteiger partial charge on any atom is -0.310 e. The van der Waals surface area contributed by atoms with Crippen molar-refractivity contribution in [1.29, 1.82) is 5.26 Å². The van der Waals surface area contributed by atoms with Crippen molar-refractivity contribution < 1.29 is 9.60 Å². The number of benzene rings is 16. The molecule has 0 unspecified atom stereocenters. The van der Waals surface area contributed by atoms with Crippen LogP contribution in [-0.2, 0) is 10.8 Å². The lowest BCUT2D eigenvalue weighted by Crippen LogP contribution is -2.61. The zero-order valence-corrected chi connectivity index (χ0v) is 59.1. The van der Waals surface area contributed by atoms with Gasteiger partial charge in [0.1, 0.15) is 0 Å². The first-order valence-corrected chi connectivity index (χ1v) is 36.6. The molecular formula is C102H71BN4. The van der Waals surface area contributed by atoms with Crippen LogP contribution in [0.3, 0.4) is 0 Å². The Balaban J connectivity index is 1.00. The first-order chi connectivity index (χ1) is 55.6. The van der Waals surface area contributed by atoms with E-state index in [2.05, 4.69) is 346 Å². The van der Waals surface area contributed by atoms with Gasteiger partial charge >= 0.3 is 0 Å². The number of aromatic nitrogens is 1. The second-order valence-corrected chi connectivity index (χ2v) is 29.1. The molecule has 0 spiro atoms. The molecule has 3 aliphatic rings. The van der Waals surface area contributed by atoms with Gasteiger partial charge in [-0.2, -0.15) is 5.26 Å². The SMILES string of the molecule is [2H]c1c([2H])c([2H])c2c(c1[2H])c1c([2H])c(C#N)c([2H])c([2H])c1n2-c1ccc2c(c1)N(c1c(-c3ccccc3)cccc1-c1ccccc1)c1cc(-c3cccc4c3C(c3ccccc3)(c3ccccc3)c3ccccc3-4)cc3c1B2c1cc(-c2ccc(C(C)(C)C)cc2)ccc1N3c1c(-c2ccccc2)cccc1-c1ccccc1. The molecule has 20 rings (SSSR count). The van der Waals surface area contributed by atoms with Crippen LogP contribution in [0.25, 0.3) is 105 Å². The van der Waals surface area contributed by atoms with Crippen molar-refractivity contribution in [3.8, 4) is 89.6 Å². The Morgan fingerprint density at radius 2 is 0.841 bits per heavy atom. The van der Waals surface area contributed by atoms with Crippen LogP contribution in [0.2, 0.25) is 0 Å². The summed E-state index contributed by atoms with van der Waals surface area (Å²) in [5, 5.41) is 10.7. The second kappa shape index (κ2) is 25.1. The number of rotatable bonds is 11. The normalized spacial score (nSPS) is 13.9. The van der Waals surface area contributed by atoms with Gasteiger partial charge in [-0.05, 0) is 160 Å². The Morgan fingerprint density at radius 1 is 0.364 bits per heavy atom. The van der Waals surface area contributed by atoms with Gasteiger partial charge in [-0.3, -0.25) is 0 Å². The molecule has 4 nitrogen and oxygen atoms in total. The number of hydrogen-bond donors (Lipinski definition) is 0. The highest BCUT2D eigenvalue weighted by Gasteiger charge is 2.50. The molecule has 5 heteroatoms. The second-order valence-electron chi connectivity index (χ2n) is 29.1. The third-order valence-electron chi connectivity index (χ3n) is 22.3. The van der Waals surface area contributed by atoms with Crippen LogP contribution in [0.15, 0.2) is 376 Å². The molecule has 0 bridgehead atoms. The van der Waals surface area contributed by atoms with Gasteiger partial charge in [-0.25, -0.2) is 0 Å². The summed E-state index contributed by atoms with van der Waals surface area (Å²) in [6, 6.07) is 119. The highest BCUT2D eigenvalue weighted by atomic mass is 15.2. The minimum absolute atomic E-state index is 0.0132. The average molecular weight is 1370 g/mol. The van der Waals surface area contributed by atoms with Crippen LogP contribution < -0.4 is 26.2 Å². The number of para-hydroxylation sites is 3. The Hall–Kier alpha value is -13.5. The van der Waals surface area contributed by atoms with Crippen LogP contribution in [0.1, 0.15) is 63.7 Å². The summed E-state index contributed by atoms with van der Waals surface area (Å²) < 4.78 is 69.1. The molecule has 0 radical (unpaired) electrons. The van der Waals surface area contributed by atoms with E-state index in [0.29, 0.717) is 5.69 Å². The highest BCUT2D eigenvalue weighted by Crippen LogP contribution is 2.61. The van der Waals surface area contributed by atoms with E-state index in [0.717, 1.165) is 145 Å². The van der Waals surface area contributed by atoms with Crippen LogP contribution in [-0.4, -0.2) is 11.3 Å². The van der Waals surface area contributed by atoms with E-state index in [-0.39, 0.29) is 32.8 Å². The fourth-order valence-electron chi connectivity index (χ4n) is 17.6. The van der Waals surface area contributed by atoms with Gasteiger partial charge in [-0.15, -0.1) is 0 Å². The molecule has 0 amide bonds. The molecule has 0 fully saturated rings. The molecule has 0 saturated carbocycles. The van der Waals surface area contributed by atoms with Crippen molar-refractivity contribution in [2.45, 2.75) is 31.6 Å². The van der Waals surface area contributed by atoms with Gasteiger partial charge in [0.25, 0.3) is 6.71 Å². The fraction of sp³-hybridized carbons (Fsp3) is 0.0490. The topological polar surface area (TPSA) is 35.2 Å². The molecule has 502 valence electrons. The fourth-order valence-corrected chi connectivity index (χ4v) is 17.6. The Kier molecular flexibility index (Phi) is 13.2. The zero-order chi connectivity index (χ0) is 77.6. The summed E-state index contributed by atoms with van der Waals surface area (Å²) in [5.74, 6) is 0. The van der Waals surface area contributed by atoms with Gasteiger partial charge in [0, 0.05) is 61.5 Å². The first-order valence-electron chi connectivity index (χ1n) is 40.1. The van der Waals surface area contributed by atoms with Crippen molar-refractivity contribution in [1.82, 2.24) is 4.57 Å². The van der Waals surface area contributed by atoms with Gasteiger partial charge in [-0.1, -0.05) is 342 Å². The summed E-state index contributed by atoms with van der Waals surface area (Å²) in [4.78, 5) is 5.02. The maximum atomic E-state index is 10.7. The molecule has 3 heterocycles. The van der Waals surface area contributed by atoms with E-state index in [1.165, 1.54) is 11.1 Å². The zero-order valence-electron chi connectivity index (χ0n) is 66.1. The van der Waals surface area contributed by atoms with Crippen LogP contribution in [0, 0.1) is 11.3 Å². The summed E-state index contributed by atoms with van der Waals surface area (Å²) >= 11 is 0. The van der Waals surface area contributed by atoms with Crippen molar-refractivity contribution >= 4 is 79.0 Å². The van der Waals surface area contributed by atoms with Gasteiger partial charge in [0.2, 0.25) is 0 Å². The largest absolute Gasteiger partial charge is 0.310 e. The van der Waals surface area contributed by atoms with Gasteiger partial charge in [0.05, 0.1) is 49.1 Å². The minimum atomic E-state index is -0.851. The number of anilines is 6. The third kappa shape index (κ3) is 9.98. The molecule has 0 N–H and O–H groups in total. The van der Waals surface area contributed by atoms with E-state index in [9.17, 15) is 13.5 Å². The molecule has 107 heavy (non-hydrogen) atoms. The predicted octanol–water partition coefficient (Wildman–Crippen LogP) is 24.4. The molecule has 2 aliphatic heterocycles. The molecule has 17 aromatic rings. The van der Waals surface area contributed by atoms with E-state index >= 15 is 0 Å². The van der Waals surface area contributed by atoms with Crippen molar-refractivity contribution in [3.63, 3.8) is 0 Å². The summed E-state index contributed by atoms with van der Waals surface area (Å²) in [7, 11) is 0. The third-order valence-corrected chi connectivity index (χ3v) is 22.3. The molecule has 1 aromatic heterocycles. The molecule has 0 atom stereocenters. The molecule has 16 aromatic carbocycles. The monoisotopic (exact) mass is 1370 g/mol. The lowest BCUT2D eigenvalue weighted by atomic mass is 9.33. The first kappa shape index (κ1) is 56.0. The number of nitriles is 1. The lowest BCUT2D eigenvalue weighted by molar-refractivity contribution is 0.590. The van der Waals surface area contributed by atoms with Crippen LogP contribution >= 0.6 is 0 Å². The number of nitrogens with zero attached hydrogens (tertiary/aromatic N) is 4. The molecule has 0 saturated heterocycles. The summed E-state index contributed by atoms with van der Waals surface area (Å²) in [6.07, 6.45) is 0. The predicted molar refractivity (Wildman–Crippen MR) is 448 cm³/mol. The number of fused-ring (bicyclic) bond motifs is 10. The highest BCUT2D eigenvalue weighted by molar-refractivity contribution is 7.00. The van der Waals surface area contributed by atoms with Crippen molar-refractivity contribution in [2.24, 2.45) is 0 Å². The maximum absolute atomic E-state index is 10.7.